The molecule has 0 bridgehead atoms. The van der Waals surface area contributed by atoms with Crippen molar-refractivity contribution in [3.05, 3.63) is 29.3 Å². The Bertz CT molecular complexity index is 899. The fourth-order valence-corrected chi connectivity index (χ4v) is 3.36. The van der Waals surface area contributed by atoms with Gasteiger partial charge in [-0.25, -0.2) is 4.79 Å². The van der Waals surface area contributed by atoms with Crippen molar-refractivity contribution in [2.75, 3.05) is 6.54 Å². The van der Waals surface area contributed by atoms with Gasteiger partial charge in [-0.1, -0.05) is 51.8 Å². The average molecular weight is 474 g/mol. The summed E-state index contributed by atoms with van der Waals surface area (Å²) in [6.45, 7) is 13.0. The Labute approximate surface area is 203 Å². The lowest BCUT2D eigenvalue weighted by Crippen LogP contribution is -2.52. The standard InChI is InChI=1S/C26H39N3O5/c1-9-11-15-27-23(31)21(19-14-12-13-18(5)22(19)30)29(10-2)24(32)20(16-17(3)4)28-25(33)34-26(6,7)8/h2,12-14,17,20-21,30H,9,11,15-16H2,1,3-8H3,(H,27,31)(H,28,33). The first-order valence-corrected chi connectivity index (χ1v) is 11.7. The highest BCUT2D eigenvalue weighted by molar-refractivity contribution is 5.93. The van der Waals surface area contributed by atoms with Crippen LogP contribution in [-0.4, -0.2) is 46.1 Å². The van der Waals surface area contributed by atoms with Gasteiger partial charge in [-0.05, 0) is 52.0 Å². The van der Waals surface area contributed by atoms with Crippen LogP contribution in [0.2, 0.25) is 0 Å². The molecule has 0 aromatic heterocycles. The fourth-order valence-electron chi connectivity index (χ4n) is 3.36. The number of hydrogen-bond acceptors (Lipinski definition) is 5. The van der Waals surface area contributed by atoms with Gasteiger partial charge in [0.05, 0.1) is 0 Å². The number of ether oxygens (including phenoxy) is 1. The molecular weight excluding hydrogens is 434 g/mol. The van der Waals surface area contributed by atoms with Crippen LogP contribution in [0.1, 0.15) is 78.0 Å². The number of rotatable bonds is 10. The van der Waals surface area contributed by atoms with Crippen LogP contribution in [0.5, 0.6) is 5.75 Å². The highest BCUT2D eigenvalue weighted by Gasteiger charge is 2.37. The van der Waals surface area contributed by atoms with Gasteiger partial charge in [0.25, 0.3) is 5.91 Å². The van der Waals surface area contributed by atoms with Gasteiger partial charge < -0.3 is 20.5 Å². The highest BCUT2D eigenvalue weighted by Crippen LogP contribution is 2.32. The van der Waals surface area contributed by atoms with Crippen molar-refractivity contribution >= 4 is 17.9 Å². The molecular formula is C26H39N3O5. The van der Waals surface area contributed by atoms with Crippen molar-refractivity contribution in [1.29, 1.82) is 0 Å². The number of carbonyl (C=O) groups is 3. The number of amides is 3. The molecule has 0 saturated carbocycles. The van der Waals surface area contributed by atoms with E-state index in [1.54, 1.807) is 45.9 Å². The summed E-state index contributed by atoms with van der Waals surface area (Å²) >= 11 is 0. The Balaban J connectivity index is 3.40. The van der Waals surface area contributed by atoms with Gasteiger partial charge in [0.1, 0.15) is 17.4 Å². The van der Waals surface area contributed by atoms with Crippen molar-refractivity contribution in [2.24, 2.45) is 5.92 Å². The first-order chi connectivity index (χ1) is 15.8. The Morgan fingerprint density at radius 3 is 2.41 bits per heavy atom. The molecule has 0 spiro atoms. The second kappa shape index (κ2) is 12.9. The van der Waals surface area contributed by atoms with Crippen molar-refractivity contribution in [3.63, 3.8) is 0 Å². The topological polar surface area (TPSA) is 108 Å². The molecule has 0 heterocycles. The second-order valence-electron chi connectivity index (χ2n) is 9.73. The Morgan fingerprint density at radius 1 is 1.24 bits per heavy atom. The number of alkyl carbamates (subject to hydrolysis) is 1. The van der Waals surface area contributed by atoms with Gasteiger partial charge >= 0.3 is 6.09 Å². The van der Waals surface area contributed by atoms with Crippen LogP contribution in [-0.2, 0) is 14.3 Å². The van der Waals surface area contributed by atoms with Gasteiger partial charge in [-0.15, -0.1) is 0 Å². The van der Waals surface area contributed by atoms with Crippen molar-refractivity contribution in [2.45, 2.75) is 85.4 Å². The highest BCUT2D eigenvalue weighted by atomic mass is 16.6. The molecule has 3 amide bonds. The predicted octanol–water partition coefficient (Wildman–Crippen LogP) is 4.02. The molecule has 8 heteroatoms. The monoisotopic (exact) mass is 473 g/mol. The summed E-state index contributed by atoms with van der Waals surface area (Å²) in [6.07, 6.45) is 6.88. The van der Waals surface area contributed by atoms with Gasteiger partial charge in [-0.2, -0.15) is 0 Å². The normalized spacial score (nSPS) is 12.9. The SMILES string of the molecule is C#CN(C(=O)C(CC(C)C)NC(=O)OC(C)(C)C)C(C(=O)NCCCC)c1cccc(C)c1O. The van der Waals surface area contributed by atoms with E-state index in [1.165, 1.54) is 0 Å². The van der Waals surface area contributed by atoms with Crippen molar-refractivity contribution < 1.29 is 24.2 Å². The molecule has 3 N–H and O–H groups in total. The molecule has 0 saturated heterocycles. The molecule has 2 atom stereocenters. The molecule has 0 aliphatic carbocycles. The lowest BCUT2D eigenvalue weighted by atomic mass is 9.98. The lowest BCUT2D eigenvalue weighted by Gasteiger charge is -2.31. The van der Waals surface area contributed by atoms with Gasteiger partial charge in [0.15, 0.2) is 6.04 Å². The zero-order valence-electron chi connectivity index (χ0n) is 21.4. The average Bonchev–Trinajstić information content (AvgIpc) is 2.71. The van der Waals surface area contributed by atoms with E-state index in [0.717, 1.165) is 17.7 Å². The number of phenols is 1. The zero-order chi connectivity index (χ0) is 26.1. The Morgan fingerprint density at radius 2 is 1.88 bits per heavy atom. The number of terminal acetylenes is 1. The number of carbonyl (C=O) groups excluding carboxylic acids is 3. The van der Waals surface area contributed by atoms with Crippen LogP contribution >= 0.6 is 0 Å². The van der Waals surface area contributed by atoms with E-state index in [9.17, 15) is 19.5 Å². The van der Waals surface area contributed by atoms with Crippen LogP contribution in [0.3, 0.4) is 0 Å². The van der Waals surface area contributed by atoms with E-state index < -0.39 is 35.6 Å². The summed E-state index contributed by atoms with van der Waals surface area (Å²) in [7, 11) is 0. The molecule has 2 unspecified atom stereocenters. The first-order valence-electron chi connectivity index (χ1n) is 11.7. The third kappa shape index (κ3) is 8.62. The fraction of sp³-hybridized carbons (Fsp3) is 0.577. The zero-order valence-corrected chi connectivity index (χ0v) is 21.4. The van der Waals surface area contributed by atoms with Gasteiger partial charge in [-0.3, -0.25) is 14.5 Å². The van der Waals surface area contributed by atoms with Crippen LogP contribution in [0, 0.1) is 25.3 Å². The van der Waals surface area contributed by atoms with Crippen LogP contribution in [0.15, 0.2) is 18.2 Å². The quantitative estimate of drug-likeness (QED) is 0.270. The van der Waals surface area contributed by atoms with Crippen molar-refractivity contribution in [1.82, 2.24) is 15.5 Å². The number of nitrogens with one attached hydrogen (secondary N) is 2. The molecule has 0 fully saturated rings. The number of nitrogens with zero attached hydrogens (tertiary/aromatic N) is 1. The summed E-state index contributed by atoms with van der Waals surface area (Å²) in [5.41, 5.74) is -0.00383. The van der Waals surface area contributed by atoms with Gasteiger partial charge in [0.2, 0.25) is 5.91 Å². The lowest BCUT2D eigenvalue weighted by molar-refractivity contribution is -0.138. The molecule has 1 rings (SSSR count). The maximum atomic E-state index is 13.6. The summed E-state index contributed by atoms with van der Waals surface area (Å²) in [5.74, 6) is -1.24. The number of aryl methyl sites for hydroxylation is 1. The maximum Gasteiger partial charge on any atom is 0.408 e. The number of unbranched alkanes of at least 4 members (excludes halogenated alkanes) is 1. The van der Waals surface area contributed by atoms with E-state index in [1.807, 2.05) is 20.8 Å². The smallest absolute Gasteiger partial charge is 0.408 e. The molecule has 0 radical (unpaired) electrons. The number of para-hydroxylation sites is 1. The van der Waals surface area contributed by atoms with E-state index in [4.69, 9.17) is 11.2 Å². The minimum Gasteiger partial charge on any atom is -0.507 e. The Kier molecular flexibility index (Phi) is 10.9. The van der Waals surface area contributed by atoms with E-state index in [0.29, 0.717) is 12.1 Å². The van der Waals surface area contributed by atoms with E-state index in [-0.39, 0.29) is 23.7 Å². The molecule has 1 aromatic carbocycles. The molecule has 188 valence electrons. The summed E-state index contributed by atoms with van der Waals surface area (Å²) in [5, 5.41) is 16.1. The molecule has 1 aromatic rings. The maximum absolute atomic E-state index is 13.6. The summed E-state index contributed by atoms with van der Waals surface area (Å²) in [6, 6.07) is 4.95. The number of hydrogen-bond donors (Lipinski definition) is 3. The van der Waals surface area contributed by atoms with Crippen LogP contribution in [0.25, 0.3) is 0 Å². The minimum absolute atomic E-state index is 0.0349. The van der Waals surface area contributed by atoms with Crippen LogP contribution in [0.4, 0.5) is 4.79 Å². The first kappa shape index (κ1) is 28.8. The third-order valence-electron chi connectivity index (χ3n) is 4.97. The van der Waals surface area contributed by atoms with Crippen LogP contribution < -0.4 is 10.6 Å². The third-order valence-corrected chi connectivity index (χ3v) is 4.97. The minimum atomic E-state index is -1.27. The molecule has 0 aliphatic rings. The summed E-state index contributed by atoms with van der Waals surface area (Å²) < 4.78 is 5.31. The number of benzene rings is 1. The molecule has 0 aliphatic heterocycles. The second-order valence-corrected chi connectivity index (χ2v) is 9.73. The largest absolute Gasteiger partial charge is 0.507 e. The summed E-state index contributed by atoms with van der Waals surface area (Å²) in [4.78, 5) is 40.2. The molecule has 34 heavy (non-hydrogen) atoms. The molecule has 8 nitrogen and oxygen atoms in total. The predicted molar refractivity (Wildman–Crippen MR) is 132 cm³/mol. The van der Waals surface area contributed by atoms with E-state index >= 15 is 0 Å². The Hall–Kier alpha value is -3.21. The number of phenolic OH excluding ortho intramolecular Hbond substituents is 1. The van der Waals surface area contributed by atoms with Gasteiger partial charge in [0, 0.05) is 18.2 Å². The van der Waals surface area contributed by atoms with Crippen molar-refractivity contribution in [3.8, 4) is 18.2 Å². The van der Waals surface area contributed by atoms with E-state index in [2.05, 4.69) is 16.7 Å². The number of aromatic hydroxyl groups is 1.